The third-order valence-electron chi connectivity index (χ3n) is 4.90. The van der Waals surface area contributed by atoms with Crippen molar-refractivity contribution in [2.45, 2.75) is 26.3 Å². The molecule has 0 bridgehead atoms. The Labute approximate surface area is 148 Å². The van der Waals surface area contributed by atoms with Crippen LogP contribution in [0, 0.1) is 6.92 Å². The van der Waals surface area contributed by atoms with E-state index in [1.54, 1.807) is 4.90 Å². The third kappa shape index (κ3) is 3.82. The fourth-order valence-corrected chi connectivity index (χ4v) is 3.53. The summed E-state index contributed by atoms with van der Waals surface area (Å²) in [6, 6.07) is 12.4. The summed E-state index contributed by atoms with van der Waals surface area (Å²) in [5, 5.41) is 0. The minimum absolute atomic E-state index is 0.173. The number of carbonyl (C=O) groups excluding carboxylic acids is 1. The first-order valence-electron chi connectivity index (χ1n) is 8.87. The number of aromatic nitrogens is 1. The van der Waals surface area contributed by atoms with Gasteiger partial charge < -0.3 is 9.88 Å². The first kappa shape index (κ1) is 17.4. The van der Waals surface area contributed by atoms with Crippen molar-refractivity contribution in [1.82, 2.24) is 14.8 Å². The molecule has 0 radical (unpaired) electrons. The van der Waals surface area contributed by atoms with Crippen LogP contribution in [-0.4, -0.2) is 46.9 Å². The fraction of sp³-hybridized carbons (Fsp3) is 0.400. The van der Waals surface area contributed by atoms with Crippen molar-refractivity contribution in [3.8, 4) is 0 Å². The molecule has 1 fully saturated rings. The van der Waals surface area contributed by atoms with Crippen LogP contribution in [0.15, 0.2) is 47.4 Å². The van der Waals surface area contributed by atoms with Crippen molar-refractivity contribution in [3.05, 3.63) is 69.6 Å². The lowest BCUT2D eigenvalue weighted by molar-refractivity contribution is 0.0561. The Morgan fingerprint density at radius 2 is 1.84 bits per heavy atom. The predicted octanol–water partition coefficient (Wildman–Crippen LogP) is 2.59. The number of pyridine rings is 1. The maximum Gasteiger partial charge on any atom is 0.259 e. The largest absolute Gasteiger partial charge is 0.364 e. The Morgan fingerprint density at radius 3 is 2.44 bits per heavy atom. The van der Waals surface area contributed by atoms with Crippen LogP contribution in [0.1, 0.15) is 41.0 Å². The molecule has 0 saturated carbocycles. The van der Waals surface area contributed by atoms with E-state index < -0.39 is 0 Å². The van der Waals surface area contributed by atoms with Crippen molar-refractivity contribution < 1.29 is 4.79 Å². The van der Waals surface area contributed by atoms with E-state index in [2.05, 4.69) is 41.1 Å². The topological polar surface area (TPSA) is 56.4 Å². The van der Waals surface area contributed by atoms with E-state index in [0.717, 1.165) is 25.2 Å². The van der Waals surface area contributed by atoms with Gasteiger partial charge in [0.15, 0.2) is 5.43 Å². The summed E-state index contributed by atoms with van der Waals surface area (Å²) < 4.78 is 0. The van der Waals surface area contributed by atoms with Crippen molar-refractivity contribution >= 4 is 5.91 Å². The van der Waals surface area contributed by atoms with Gasteiger partial charge in [-0.05, 0) is 18.9 Å². The molecule has 1 atom stereocenters. The lowest BCUT2D eigenvalue weighted by Crippen LogP contribution is -2.50. The second-order valence-electron chi connectivity index (χ2n) is 6.56. The second kappa shape index (κ2) is 7.66. The van der Waals surface area contributed by atoms with Crippen LogP contribution in [0.4, 0.5) is 0 Å². The molecule has 25 heavy (non-hydrogen) atoms. The van der Waals surface area contributed by atoms with Crippen LogP contribution in [0.2, 0.25) is 0 Å². The van der Waals surface area contributed by atoms with Gasteiger partial charge in [0.2, 0.25) is 0 Å². The van der Waals surface area contributed by atoms with Gasteiger partial charge in [0.25, 0.3) is 5.91 Å². The van der Waals surface area contributed by atoms with Crippen LogP contribution >= 0.6 is 0 Å². The molecule has 1 aromatic heterocycles. The number of piperazine rings is 1. The summed E-state index contributed by atoms with van der Waals surface area (Å²) in [5.41, 5.74) is 2.10. The highest BCUT2D eigenvalue weighted by atomic mass is 16.2. The SMILES string of the molecule is CC[C@@H](c1ccccc1)N1CCN(C(=O)c2c[nH]c(C)cc2=O)CC1. The smallest absolute Gasteiger partial charge is 0.259 e. The Kier molecular flexibility index (Phi) is 5.34. The highest BCUT2D eigenvalue weighted by molar-refractivity contribution is 5.93. The zero-order chi connectivity index (χ0) is 17.8. The Hall–Kier alpha value is -2.40. The molecule has 5 nitrogen and oxygen atoms in total. The van der Waals surface area contributed by atoms with Gasteiger partial charge in [0, 0.05) is 50.2 Å². The van der Waals surface area contributed by atoms with Crippen molar-refractivity contribution in [2.75, 3.05) is 26.2 Å². The average molecular weight is 339 g/mol. The Balaban J connectivity index is 1.67. The molecule has 3 rings (SSSR count). The maximum absolute atomic E-state index is 12.6. The third-order valence-corrected chi connectivity index (χ3v) is 4.90. The van der Waals surface area contributed by atoms with Gasteiger partial charge in [-0.1, -0.05) is 37.3 Å². The molecule has 132 valence electrons. The molecule has 1 aliphatic rings. The zero-order valence-corrected chi connectivity index (χ0v) is 14.9. The van der Waals surface area contributed by atoms with Crippen molar-refractivity contribution in [3.63, 3.8) is 0 Å². The summed E-state index contributed by atoms with van der Waals surface area (Å²) in [6.45, 7) is 6.95. The second-order valence-corrected chi connectivity index (χ2v) is 6.56. The average Bonchev–Trinajstić information content (AvgIpc) is 2.63. The molecule has 2 heterocycles. The minimum Gasteiger partial charge on any atom is -0.364 e. The number of aromatic amines is 1. The van der Waals surface area contributed by atoms with E-state index in [-0.39, 0.29) is 16.9 Å². The molecule has 1 aliphatic heterocycles. The summed E-state index contributed by atoms with van der Waals surface area (Å²) in [5.74, 6) is -0.173. The molecule has 1 aromatic carbocycles. The number of hydrogen-bond donors (Lipinski definition) is 1. The highest BCUT2D eigenvalue weighted by Gasteiger charge is 2.27. The van der Waals surface area contributed by atoms with E-state index in [0.29, 0.717) is 19.1 Å². The van der Waals surface area contributed by atoms with Crippen LogP contribution in [0.3, 0.4) is 0 Å². The predicted molar refractivity (Wildman–Crippen MR) is 98.8 cm³/mol. The van der Waals surface area contributed by atoms with Gasteiger partial charge in [-0.2, -0.15) is 0 Å². The summed E-state index contributed by atoms with van der Waals surface area (Å²) in [6.07, 6.45) is 2.57. The lowest BCUT2D eigenvalue weighted by Gasteiger charge is -2.39. The number of hydrogen-bond acceptors (Lipinski definition) is 3. The number of amides is 1. The van der Waals surface area contributed by atoms with E-state index in [1.165, 1.54) is 17.8 Å². The molecule has 0 unspecified atom stereocenters. The summed E-state index contributed by atoms with van der Waals surface area (Å²) in [7, 11) is 0. The molecule has 1 saturated heterocycles. The first-order valence-corrected chi connectivity index (χ1v) is 8.87. The van der Waals surface area contributed by atoms with E-state index in [1.807, 2.05) is 13.0 Å². The van der Waals surface area contributed by atoms with Crippen LogP contribution in [0.25, 0.3) is 0 Å². The van der Waals surface area contributed by atoms with Gasteiger partial charge in [-0.25, -0.2) is 0 Å². The molecule has 2 aromatic rings. The monoisotopic (exact) mass is 339 g/mol. The van der Waals surface area contributed by atoms with Crippen LogP contribution in [0.5, 0.6) is 0 Å². The Morgan fingerprint density at radius 1 is 1.16 bits per heavy atom. The molecular weight excluding hydrogens is 314 g/mol. The molecule has 1 amide bonds. The highest BCUT2D eigenvalue weighted by Crippen LogP contribution is 2.25. The number of nitrogens with one attached hydrogen (secondary N) is 1. The number of carbonyl (C=O) groups is 1. The zero-order valence-electron chi connectivity index (χ0n) is 14.9. The van der Waals surface area contributed by atoms with E-state index in [9.17, 15) is 9.59 Å². The van der Waals surface area contributed by atoms with Gasteiger partial charge in [0.05, 0.1) is 0 Å². The quantitative estimate of drug-likeness (QED) is 0.931. The number of nitrogens with zero attached hydrogens (tertiary/aromatic N) is 2. The number of aryl methyl sites for hydroxylation is 1. The summed E-state index contributed by atoms with van der Waals surface area (Å²) >= 11 is 0. The standard InChI is InChI=1S/C20H25N3O2/c1-3-18(16-7-5-4-6-8-16)22-9-11-23(12-10-22)20(25)17-14-21-15(2)13-19(17)24/h4-8,13-14,18H,3,9-12H2,1-2H3,(H,21,24)/t18-/m0/s1. The normalized spacial score (nSPS) is 16.6. The minimum atomic E-state index is -0.209. The Bertz CT molecular complexity index is 777. The maximum atomic E-state index is 12.6. The molecule has 0 aliphatic carbocycles. The first-order chi connectivity index (χ1) is 12.1. The van der Waals surface area contributed by atoms with Gasteiger partial charge >= 0.3 is 0 Å². The van der Waals surface area contributed by atoms with Gasteiger partial charge in [-0.15, -0.1) is 0 Å². The van der Waals surface area contributed by atoms with E-state index >= 15 is 0 Å². The molecule has 1 N–H and O–H groups in total. The van der Waals surface area contributed by atoms with Gasteiger partial charge in [0.1, 0.15) is 5.56 Å². The molecular formula is C20H25N3O2. The van der Waals surface area contributed by atoms with Crippen LogP contribution < -0.4 is 5.43 Å². The number of benzene rings is 1. The van der Waals surface area contributed by atoms with Crippen molar-refractivity contribution in [2.24, 2.45) is 0 Å². The molecule has 0 spiro atoms. The fourth-order valence-electron chi connectivity index (χ4n) is 3.53. The number of rotatable bonds is 4. The van der Waals surface area contributed by atoms with E-state index in [4.69, 9.17) is 0 Å². The number of H-pyrrole nitrogens is 1. The lowest BCUT2D eigenvalue weighted by atomic mass is 10.0. The van der Waals surface area contributed by atoms with Crippen molar-refractivity contribution in [1.29, 1.82) is 0 Å². The summed E-state index contributed by atoms with van der Waals surface area (Å²) in [4.78, 5) is 31.9. The van der Waals surface area contributed by atoms with Gasteiger partial charge in [-0.3, -0.25) is 14.5 Å². The molecule has 5 heteroatoms. The van der Waals surface area contributed by atoms with Crippen LogP contribution in [-0.2, 0) is 0 Å².